The van der Waals surface area contributed by atoms with Crippen LogP contribution in [0.1, 0.15) is 32.1 Å². The number of nitrogens with zero attached hydrogens (tertiary/aromatic N) is 2. The van der Waals surface area contributed by atoms with Crippen molar-refractivity contribution in [3.05, 3.63) is 43.0 Å². The molecule has 1 aromatic carbocycles. The van der Waals surface area contributed by atoms with Crippen LogP contribution in [0.5, 0.6) is 5.75 Å². The van der Waals surface area contributed by atoms with Gasteiger partial charge in [0.2, 0.25) is 0 Å². The van der Waals surface area contributed by atoms with Crippen LogP contribution in [0.25, 0.3) is 0 Å². The Morgan fingerprint density at radius 1 is 1.25 bits per heavy atom. The number of thiocarbonyl (C=S) groups is 1. The van der Waals surface area contributed by atoms with Crippen LogP contribution in [0, 0.1) is 0 Å². The predicted octanol–water partition coefficient (Wildman–Crippen LogP) is 3.58. The Hall–Kier alpha value is -2.08. The van der Waals surface area contributed by atoms with E-state index in [0.29, 0.717) is 11.2 Å². The molecular weight excluding hydrogens is 320 g/mol. The number of anilines is 1. The highest BCUT2D eigenvalue weighted by Crippen LogP contribution is 2.24. The number of ether oxygens (including phenoxy) is 1. The van der Waals surface area contributed by atoms with Gasteiger partial charge in [-0.15, -0.1) is 0 Å². The Morgan fingerprint density at radius 3 is 2.75 bits per heavy atom. The van der Waals surface area contributed by atoms with Gasteiger partial charge < -0.3 is 19.9 Å². The lowest BCUT2D eigenvalue weighted by Crippen LogP contribution is -2.29. The second-order valence-corrected chi connectivity index (χ2v) is 6.49. The number of rotatable bonds is 7. The summed E-state index contributed by atoms with van der Waals surface area (Å²) in [7, 11) is 0. The van der Waals surface area contributed by atoms with E-state index in [1.54, 1.807) is 6.20 Å². The number of imidazole rings is 1. The third kappa shape index (κ3) is 5.23. The molecule has 0 bridgehead atoms. The largest absolute Gasteiger partial charge is 0.490 e. The first kappa shape index (κ1) is 16.8. The highest BCUT2D eigenvalue weighted by atomic mass is 32.1. The summed E-state index contributed by atoms with van der Waals surface area (Å²) >= 11 is 5.33. The van der Waals surface area contributed by atoms with Crippen LogP contribution in [0.2, 0.25) is 0 Å². The number of hydrogen-bond donors (Lipinski definition) is 2. The third-order valence-corrected chi connectivity index (χ3v) is 4.40. The summed E-state index contributed by atoms with van der Waals surface area (Å²) in [6.45, 7) is 1.76. The maximum absolute atomic E-state index is 5.97. The van der Waals surface area contributed by atoms with Crippen molar-refractivity contribution in [2.24, 2.45) is 0 Å². The molecule has 0 unspecified atom stereocenters. The molecule has 3 rings (SSSR count). The van der Waals surface area contributed by atoms with Crippen LogP contribution >= 0.6 is 12.2 Å². The number of nitrogens with one attached hydrogen (secondary N) is 2. The van der Waals surface area contributed by atoms with Crippen LogP contribution in [0.3, 0.4) is 0 Å². The van der Waals surface area contributed by atoms with Gasteiger partial charge in [-0.2, -0.15) is 0 Å². The highest BCUT2D eigenvalue weighted by Gasteiger charge is 2.16. The summed E-state index contributed by atoms with van der Waals surface area (Å²) in [4.78, 5) is 4.03. The minimum absolute atomic E-state index is 0.391. The first-order valence-electron chi connectivity index (χ1n) is 8.57. The molecule has 1 fully saturated rings. The van der Waals surface area contributed by atoms with E-state index in [4.69, 9.17) is 17.0 Å². The first-order valence-corrected chi connectivity index (χ1v) is 8.98. The second kappa shape index (κ2) is 8.68. The molecule has 0 radical (unpaired) electrons. The zero-order valence-corrected chi connectivity index (χ0v) is 14.6. The SMILES string of the molecule is S=C(NCCCn1ccnc1)Nc1ccc(OC2CCCC2)cc1. The van der Waals surface area contributed by atoms with E-state index in [1.165, 1.54) is 25.7 Å². The van der Waals surface area contributed by atoms with Crippen molar-refractivity contribution >= 4 is 23.0 Å². The first-order chi connectivity index (χ1) is 11.8. The molecule has 0 spiro atoms. The van der Waals surface area contributed by atoms with Crippen LogP contribution in [0.4, 0.5) is 5.69 Å². The van der Waals surface area contributed by atoms with Gasteiger partial charge in [0.15, 0.2) is 5.11 Å². The monoisotopic (exact) mass is 344 g/mol. The fourth-order valence-electron chi connectivity index (χ4n) is 2.87. The molecular formula is C18H24N4OS. The average molecular weight is 344 g/mol. The quantitative estimate of drug-likeness (QED) is 0.594. The van der Waals surface area contributed by atoms with Gasteiger partial charge in [0, 0.05) is 31.2 Å². The summed E-state index contributed by atoms with van der Waals surface area (Å²) in [6, 6.07) is 8.01. The number of aryl methyl sites for hydroxylation is 1. The molecule has 1 aliphatic carbocycles. The van der Waals surface area contributed by atoms with Crippen molar-refractivity contribution in [1.82, 2.24) is 14.9 Å². The normalized spacial score (nSPS) is 14.5. The molecule has 0 aliphatic heterocycles. The Kier molecular flexibility index (Phi) is 6.07. The van der Waals surface area contributed by atoms with E-state index < -0.39 is 0 Å². The van der Waals surface area contributed by atoms with Crippen LogP contribution in [-0.4, -0.2) is 27.3 Å². The molecule has 5 nitrogen and oxygen atoms in total. The van der Waals surface area contributed by atoms with Gasteiger partial charge in [0.25, 0.3) is 0 Å². The van der Waals surface area contributed by atoms with Crippen molar-refractivity contribution in [3.63, 3.8) is 0 Å². The van der Waals surface area contributed by atoms with Crippen molar-refractivity contribution in [2.75, 3.05) is 11.9 Å². The zero-order chi connectivity index (χ0) is 16.6. The maximum Gasteiger partial charge on any atom is 0.170 e. The summed E-state index contributed by atoms with van der Waals surface area (Å²) < 4.78 is 8.02. The van der Waals surface area contributed by atoms with E-state index >= 15 is 0 Å². The van der Waals surface area contributed by atoms with E-state index in [2.05, 4.69) is 20.2 Å². The molecule has 1 aliphatic rings. The topological polar surface area (TPSA) is 51.1 Å². The Labute approximate surface area is 148 Å². The van der Waals surface area contributed by atoms with E-state index in [1.807, 2.05) is 36.8 Å². The standard InChI is InChI=1S/C18H24N4OS/c24-18(20-10-3-12-22-13-11-19-14-22)21-15-6-8-17(9-7-15)23-16-4-1-2-5-16/h6-9,11,13-14,16H,1-5,10,12H2,(H2,20,21,24). The molecule has 0 atom stereocenters. The van der Waals surface area contributed by atoms with Crippen molar-refractivity contribution < 1.29 is 4.74 Å². The lowest BCUT2D eigenvalue weighted by atomic mass is 10.3. The van der Waals surface area contributed by atoms with Gasteiger partial charge in [0.1, 0.15) is 5.75 Å². The van der Waals surface area contributed by atoms with Crippen molar-refractivity contribution in [1.29, 1.82) is 0 Å². The van der Waals surface area contributed by atoms with Crippen molar-refractivity contribution in [2.45, 2.75) is 44.8 Å². The molecule has 1 aromatic heterocycles. The summed E-state index contributed by atoms with van der Waals surface area (Å²) in [5.74, 6) is 0.937. The average Bonchev–Trinajstić information content (AvgIpc) is 3.27. The molecule has 1 heterocycles. The summed E-state index contributed by atoms with van der Waals surface area (Å²) in [5.41, 5.74) is 0.973. The summed E-state index contributed by atoms with van der Waals surface area (Å²) in [6.07, 6.45) is 11.9. The fourth-order valence-corrected chi connectivity index (χ4v) is 3.09. The fraction of sp³-hybridized carbons (Fsp3) is 0.444. The van der Waals surface area contributed by atoms with Gasteiger partial charge in [-0.3, -0.25) is 0 Å². The third-order valence-electron chi connectivity index (χ3n) is 4.15. The van der Waals surface area contributed by atoms with Gasteiger partial charge in [-0.25, -0.2) is 4.98 Å². The molecule has 0 amide bonds. The molecule has 2 aromatic rings. The van der Waals surface area contributed by atoms with E-state index in [-0.39, 0.29) is 0 Å². The van der Waals surface area contributed by atoms with E-state index in [0.717, 1.165) is 30.9 Å². The van der Waals surface area contributed by atoms with Crippen LogP contribution < -0.4 is 15.4 Å². The minimum atomic E-state index is 0.391. The number of benzene rings is 1. The van der Waals surface area contributed by atoms with Gasteiger partial charge in [-0.1, -0.05) is 0 Å². The Bertz CT molecular complexity index is 621. The minimum Gasteiger partial charge on any atom is -0.490 e. The number of aromatic nitrogens is 2. The maximum atomic E-state index is 5.97. The highest BCUT2D eigenvalue weighted by molar-refractivity contribution is 7.80. The lowest BCUT2D eigenvalue weighted by molar-refractivity contribution is 0.210. The Morgan fingerprint density at radius 2 is 2.04 bits per heavy atom. The molecule has 6 heteroatoms. The zero-order valence-electron chi connectivity index (χ0n) is 13.8. The molecule has 128 valence electrons. The predicted molar refractivity (Wildman–Crippen MR) is 100 cm³/mol. The summed E-state index contributed by atoms with van der Waals surface area (Å²) in [5, 5.41) is 7.07. The smallest absolute Gasteiger partial charge is 0.170 e. The second-order valence-electron chi connectivity index (χ2n) is 6.08. The molecule has 2 N–H and O–H groups in total. The van der Waals surface area contributed by atoms with E-state index in [9.17, 15) is 0 Å². The van der Waals surface area contributed by atoms with Crippen LogP contribution in [0.15, 0.2) is 43.0 Å². The Balaban J connectivity index is 1.36. The molecule has 24 heavy (non-hydrogen) atoms. The molecule has 0 saturated heterocycles. The van der Waals surface area contributed by atoms with Gasteiger partial charge in [0.05, 0.1) is 12.4 Å². The number of hydrogen-bond acceptors (Lipinski definition) is 3. The van der Waals surface area contributed by atoms with Gasteiger partial charge >= 0.3 is 0 Å². The van der Waals surface area contributed by atoms with Gasteiger partial charge in [-0.05, 0) is 68.6 Å². The molecule has 1 saturated carbocycles. The van der Waals surface area contributed by atoms with Crippen LogP contribution in [-0.2, 0) is 6.54 Å². The van der Waals surface area contributed by atoms with Crippen molar-refractivity contribution in [3.8, 4) is 5.75 Å². The lowest BCUT2D eigenvalue weighted by Gasteiger charge is -2.14.